The fourth-order valence-corrected chi connectivity index (χ4v) is 2.09. The number of nitriles is 1. The molecule has 21 heavy (non-hydrogen) atoms. The molecule has 0 spiro atoms. The van der Waals surface area contributed by atoms with Gasteiger partial charge in [0.05, 0.1) is 11.1 Å². The van der Waals surface area contributed by atoms with Crippen molar-refractivity contribution in [2.24, 2.45) is 0 Å². The maximum Gasteiger partial charge on any atom is 0.416 e. The molecule has 0 bridgehead atoms. The smallest absolute Gasteiger partial charge is 0.416 e. The molecular formula is C15H9BrF3NO. The Morgan fingerprint density at radius 1 is 1.14 bits per heavy atom. The van der Waals surface area contributed by atoms with E-state index in [-0.39, 0.29) is 17.9 Å². The first-order valence-electron chi connectivity index (χ1n) is 5.89. The van der Waals surface area contributed by atoms with Gasteiger partial charge in [-0.2, -0.15) is 18.4 Å². The molecule has 2 rings (SSSR count). The molecule has 0 aromatic heterocycles. The van der Waals surface area contributed by atoms with Crippen molar-refractivity contribution in [2.45, 2.75) is 12.8 Å². The molecular weight excluding hydrogens is 347 g/mol. The highest BCUT2D eigenvalue weighted by atomic mass is 79.9. The molecule has 0 fully saturated rings. The summed E-state index contributed by atoms with van der Waals surface area (Å²) in [6.07, 6.45) is -4.48. The Morgan fingerprint density at radius 3 is 2.48 bits per heavy atom. The highest BCUT2D eigenvalue weighted by molar-refractivity contribution is 9.10. The maximum atomic E-state index is 12.6. The van der Waals surface area contributed by atoms with E-state index in [9.17, 15) is 13.2 Å². The number of hydrogen-bond acceptors (Lipinski definition) is 2. The summed E-state index contributed by atoms with van der Waals surface area (Å²) in [5.74, 6) is 0.126. The second kappa shape index (κ2) is 6.19. The lowest BCUT2D eigenvalue weighted by molar-refractivity contribution is -0.137. The fraction of sp³-hybridized carbons (Fsp3) is 0.133. The van der Waals surface area contributed by atoms with Crippen LogP contribution in [0.15, 0.2) is 46.9 Å². The molecule has 0 heterocycles. The second-order valence-electron chi connectivity index (χ2n) is 4.20. The quantitative estimate of drug-likeness (QED) is 0.782. The number of nitrogens with zero attached hydrogens (tertiary/aromatic N) is 1. The van der Waals surface area contributed by atoms with Gasteiger partial charge in [-0.25, -0.2) is 0 Å². The van der Waals surface area contributed by atoms with Crippen molar-refractivity contribution in [2.75, 3.05) is 0 Å². The van der Waals surface area contributed by atoms with Crippen LogP contribution in [0.5, 0.6) is 5.75 Å². The predicted octanol–water partition coefficient (Wildman–Crippen LogP) is 4.92. The van der Waals surface area contributed by atoms with Crippen LogP contribution in [0, 0.1) is 11.3 Å². The molecule has 0 aliphatic carbocycles. The Bertz CT molecular complexity index is 692. The standard InChI is InChI=1S/C15H9BrF3NO/c16-13-4-2-1-3-10(13)9-21-14-6-5-12(15(17,18)19)7-11(14)8-20/h1-7H,9H2. The van der Waals surface area contributed by atoms with E-state index in [1.807, 2.05) is 24.3 Å². The van der Waals surface area contributed by atoms with Gasteiger partial charge in [-0.3, -0.25) is 0 Å². The summed E-state index contributed by atoms with van der Waals surface area (Å²) in [7, 11) is 0. The lowest BCUT2D eigenvalue weighted by Gasteiger charge is -2.12. The van der Waals surface area contributed by atoms with Gasteiger partial charge in [-0.15, -0.1) is 0 Å². The van der Waals surface area contributed by atoms with Gasteiger partial charge in [0.2, 0.25) is 0 Å². The van der Waals surface area contributed by atoms with Gasteiger partial charge in [0, 0.05) is 10.0 Å². The first-order chi connectivity index (χ1) is 9.91. The van der Waals surface area contributed by atoms with Crippen molar-refractivity contribution in [3.63, 3.8) is 0 Å². The van der Waals surface area contributed by atoms with Crippen LogP contribution in [0.4, 0.5) is 13.2 Å². The van der Waals surface area contributed by atoms with Crippen molar-refractivity contribution in [1.29, 1.82) is 5.26 Å². The Morgan fingerprint density at radius 2 is 1.86 bits per heavy atom. The zero-order chi connectivity index (χ0) is 15.5. The largest absolute Gasteiger partial charge is 0.487 e. The van der Waals surface area contributed by atoms with E-state index in [0.717, 1.165) is 28.2 Å². The summed E-state index contributed by atoms with van der Waals surface area (Å²) >= 11 is 3.35. The average Bonchev–Trinajstić information content (AvgIpc) is 2.45. The van der Waals surface area contributed by atoms with Crippen LogP contribution in [-0.2, 0) is 12.8 Å². The topological polar surface area (TPSA) is 33.0 Å². The second-order valence-corrected chi connectivity index (χ2v) is 5.05. The van der Waals surface area contributed by atoms with E-state index < -0.39 is 11.7 Å². The summed E-state index contributed by atoms with van der Waals surface area (Å²) in [6, 6.07) is 11.9. The zero-order valence-electron chi connectivity index (χ0n) is 10.6. The van der Waals surface area contributed by atoms with Crippen molar-refractivity contribution in [3.05, 3.63) is 63.6 Å². The van der Waals surface area contributed by atoms with Gasteiger partial charge in [-0.1, -0.05) is 34.1 Å². The summed E-state index contributed by atoms with van der Waals surface area (Å²) in [5.41, 5.74) is -0.176. The average molecular weight is 356 g/mol. The molecule has 0 amide bonds. The van der Waals surface area contributed by atoms with Crippen LogP contribution in [0.2, 0.25) is 0 Å². The van der Waals surface area contributed by atoms with Gasteiger partial charge >= 0.3 is 6.18 Å². The molecule has 108 valence electrons. The number of rotatable bonds is 3. The Hall–Kier alpha value is -2.00. The SMILES string of the molecule is N#Cc1cc(C(F)(F)F)ccc1OCc1ccccc1Br. The Kier molecular flexibility index (Phi) is 4.53. The van der Waals surface area contributed by atoms with Crippen LogP contribution in [0.3, 0.4) is 0 Å². The van der Waals surface area contributed by atoms with Crippen LogP contribution >= 0.6 is 15.9 Å². The molecule has 2 nitrogen and oxygen atoms in total. The first-order valence-corrected chi connectivity index (χ1v) is 6.68. The first kappa shape index (κ1) is 15.4. The zero-order valence-corrected chi connectivity index (χ0v) is 12.2. The third kappa shape index (κ3) is 3.76. The highest BCUT2D eigenvalue weighted by Gasteiger charge is 2.31. The van der Waals surface area contributed by atoms with E-state index in [4.69, 9.17) is 10.00 Å². The highest BCUT2D eigenvalue weighted by Crippen LogP contribution is 2.32. The minimum absolute atomic E-state index is 0.126. The van der Waals surface area contributed by atoms with Crippen molar-refractivity contribution < 1.29 is 17.9 Å². The number of alkyl halides is 3. The third-order valence-electron chi connectivity index (χ3n) is 2.77. The van der Waals surface area contributed by atoms with Crippen LogP contribution in [-0.4, -0.2) is 0 Å². The number of ether oxygens (including phenoxy) is 1. The molecule has 0 aliphatic rings. The molecule has 0 aliphatic heterocycles. The molecule has 0 N–H and O–H groups in total. The van der Waals surface area contributed by atoms with Crippen LogP contribution in [0.25, 0.3) is 0 Å². The molecule has 0 atom stereocenters. The van der Waals surface area contributed by atoms with Gasteiger partial charge in [0.25, 0.3) is 0 Å². The van der Waals surface area contributed by atoms with Gasteiger partial charge in [0.15, 0.2) is 0 Å². The fourth-order valence-electron chi connectivity index (χ4n) is 1.69. The third-order valence-corrected chi connectivity index (χ3v) is 3.54. The van der Waals surface area contributed by atoms with Gasteiger partial charge in [0.1, 0.15) is 18.4 Å². The molecule has 0 saturated carbocycles. The lowest BCUT2D eigenvalue weighted by atomic mass is 10.1. The lowest BCUT2D eigenvalue weighted by Crippen LogP contribution is -2.06. The van der Waals surface area contributed by atoms with Crippen LogP contribution in [0.1, 0.15) is 16.7 Å². The van der Waals surface area contributed by atoms with Crippen molar-refractivity contribution >= 4 is 15.9 Å². The normalized spacial score (nSPS) is 11.0. The van der Waals surface area contributed by atoms with E-state index >= 15 is 0 Å². The molecule has 0 saturated heterocycles. The number of hydrogen-bond donors (Lipinski definition) is 0. The predicted molar refractivity (Wildman–Crippen MR) is 74.6 cm³/mol. The van der Waals surface area contributed by atoms with E-state index in [0.29, 0.717) is 0 Å². The van der Waals surface area contributed by atoms with Crippen LogP contribution < -0.4 is 4.74 Å². The molecule has 0 radical (unpaired) electrons. The summed E-state index contributed by atoms with van der Waals surface area (Å²) in [4.78, 5) is 0. The van der Waals surface area contributed by atoms with Crippen molar-refractivity contribution in [3.8, 4) is 11.8 Å². The Balaban J connectivity index is 2.22. The molecule has 0 unspecified atom stereocenters. The van der Waals surface area contributed by atoms with Gasteiger partial charge in [-0.05, 0) is 24.3 Å². The minimum Gasteiger partial charge on any atom is -0.487 e. The van der Waals surface area contributed by atoms with E-state index in [1.165, 1.54) is 0 Å². The van der Waals surface area contributed by atoms with Crippen molar-refractivity contribution in [1.82, 2.24) is 0 Å². The van der Waals surface area contributed by atoms with E-state index in [2.05, 4.69) is 15.9 Å². The Labute approximate surface area is 127 Å². The number of benzene rings is 2. The summed E-state index contributed by atoms with van der Waals surface area (Å²) < 4.78 is 44.0. The molecule has 2 aromatic rings. The van der Waals surface area contributed by atoms with Gasteiger partial charge < -0.3 is 4.74 Å². The monoisotopic (exact) mass is 355 g/mol. The summed E-state index contributed by atoms with van der Waals surface area (Å²) in [5, 5.41) is 8.95. The number of halogens is 4. The van der Waals surface area contributed by atoms with E-state index in [1.54, 1.807) is 6.07 Å². The molecule has 2 aromatic carbocycles. The molecule has 6 heteroatoms. The maximum absolute atomic E-state index is 12.6. The minimum atomic E-state index is -4.48. The summed E-state index contributed by atoms with van der Waals surface area (Å²) in [6.45, 7) is 0.154.